The maximum atomic E-state index is 13.6. The van der Waals surface area contributed by atoms with E-state index in [-0.39, 0.29) is 5.92 Å². The third-order valence-electron chi connectivity index (χ3n) is 7.45. The van der Waals surface area contributed by atoms with Gasteiger partial charge >= 0.3 is 0 Å². The Balaban J connectivity index is 1.36. The lowest BCUT2D eigenvalue weighted by Crippen LogP contribution is -2.52. The molecular formula is C24H39N5O2. The van der Waals surface area contributed by atoms with Crippen LogP contribution in [-0.4, -0.2) is 84.7 Å². The summed E-state index contributed by atoms with van der Waals surface area (Å²) in [7, 11) is 1.74. The fourth-order valence-corrected chi connectivity index (χ4v) is 5.80. The van der Waals surface area contributed by atoms with Crippen LogP contribution in [0.25, 0.3) is 0 Å². The van der Waals surface area contributed by atoms with E-state index in [1.54, 1.807) is 19.5 Å². The van der Waals surface area contributed by atoms with E-state index in [1.165, 1.54) is 45.2 Å². The smallest absolute Gasteiger partial charge is 0.225 e. The Morgan fingerprint density at radius 3 is 2.61 bits per heavy atom. The van der Waals surface area contributed by atoms with Crippen LogP contribution in [0.3, 0.4) is 0 Å². The van der Waals surface area contributed by atoms with Crippen molar-refractivity contribution in [1.82, 2.24) is 19.8 Å². The van der Waals surface area contributed by atoms with Gasteiger partial charge in [0.2, 0.25) is 11.9 Å². The van der Waals surface area contributed by atoms with Crippen molar-refractivity contribution < 1.29 is 9.53 Å². The van der Waals surface area contributed by atoms with Crippen LogP contribution in [-0.2, 0) is 9.53 Å². The van der Waals surface area contributed by atoms with E-state index >= 15 is 0 Å². The first-order valence-electron chi connectivity index (χ1n) is 12.3. The monoisotopic (exact) mass is 429 g/mol. The van der Waals surface area contributed by atoms with Gasteiger partial charge in [0.1, 0.15) is 0 Å². The van der Waals surface area contributed by atoms with Gasteiger partial charge in [-0.05, 0) is 70.0 Å². The molecule has 4 rings (SSSR count). The molecule has 0 aliphatic carbocycles. The van der Waals surface area contributed by atoms with Crippen molar-refractivity contribution in [1.29, 1.82) is 0 Å². The van der Waals surface area contributed by atoms with Crippen LogP contribution in [0.4, 0.5) is 5.95 Å². The summed E-state index contributed by atoms with van der Waals surface area (Å²) in [5, 5.41) is 0. The minimum Gasteiger partial charge on any atom is -0.385 e. The first kappa shape index (κ1) is 22.5. The molecule has 0 spiro atoms. The zero-order valence-electron chi connectivity index (χ0n) is 19.1. The molecule has 0 bridgehead atoms. The van der Waals surface area contributed by atoms with Crippen molar-refractivity contribution >= 4 is 11.9 Å². The predicted molar refractivity (Wildman–Crippen MR) is 122 cm³/mol. The SMILES string of the molecule is COCCCN(C[C@@H]1CCCN2CCCC[C@@H]12)C(=O)C1CCN(c2ncccn2)CC1. The zero-order valence-corrected chi connectivity index (χ0v) is 19.1. The summed E-state index contributed by atoms with van der Waals surface area (Å²) in [6.07, 6.45) is 12.8. The zero-order chi connectivity index (χ0) is 21.5. The highest BCUT2D eigenvalue weighted by Crippen LogP contribution is 2.32. The first-order chi connectivity index (χ1) is 15.3. The summed E-state index contributed by atoms with van der Waals surface area (Å²) < 4.78 is 5.29. The molecule has 0 aromatic carbocycles. The van der Waals surface area contributed by atoms with Crippen molar-refractivity contribution in [2.75, 3.05) is 57.9 Å². The number of piperidine rings is 3. The fraction of sp³-hybridized carbons (Fsp3) is 0.792. The van der Waals surface area contributed by atoms with E-state index < -0.39 is 0 Å². The maximum absolute atomic E-state index is 13.6. The van der Waals surface area contributed by atoms with Crippen molar-refractivity contribution in [2.45, 2.75) is 57.4 Å². The summed E-state index contributed by atoms with van der Waals surface area (Å²) in [6, 6.07) is 2.52. The van der Waals surface area contributed by atoms with Gasteiger partial charge in [-0.25, -0.2) is 9.97 Å². The lowest BCUT2D eigenvalue weighted by atomic mass is 9.83. The molecule has 0 saturated carbocycles. The number of aromatic nitrogens is 2. The molecule has 7 heteroatoms. The minimum atomic E-state index is 0.119. The summed E-state index contributed by atoms with van der Waals surface area (Å²) >= 11 is 0. The minimum absolute atomic E-state index is 0.119. The summed E-state index contributed by atoms with van der Waals surface area (Å²) in [5.41, 5.74) is 0. The number of hydrogen-bond acceptors (Lipinski definition) is 6. The Morgan fingerprint density at radius 2 is 1.84 bits per heavy atom. The molecule has 0 N–H and O–H groups in total. The highest BCUT2D eigenvalue weighted by molar-refractivity contribution is 5.79. The molecule has 31 heavy (non-hydrogen) atoms. The van der Waals surface area contributed by atoms with E-state index in [0.717, 1.165) is 51.4 Å². The number of carbonyl (C=O) groups excluding carboxylic acids is 1. The van der Waals surface area contributed by atoms with Gasteiger partial charge in [-0.3, -0.25) is 4.79 Å². The Labute approximate surface area is 187 Å². The topological polar surface area (TPSA) is 61.8 Å². The number of amides is 1. The largest absolute Gasteiger partial charge is 0.385 e. The number of nitrogens with zero attached hydrogens (tertiary/aromatic N) is 5. The van der Waals surface area contributed by atoms with Gasteiger partial charge in [-0.15, -0.1) is 0 Å². The average Bonchev–Trinajstić information content (AvgIpc) is 2.84. The van der Waals surface area contributed by atoms with E-state index in [1.807, 2.05) is 6.07 Å². The second kappa shape index (κ2) is 11.2. The molecule has 3 aliphatic rings. The second-order valence-corrected chi connectivity index (χ2v) is 9.44. The molecule has 1 aromatic heterocycles. The van der Waals surface area contributed by atoms with Crippen LogP contribution in [0.1, 0.15) is 51.4 Å². The van der Waals surface area contributed by atoms with Crippen molar-refractivity contribution in [2.24, 2.45) is 11.8 Å². The van der Waals surface area contributed by atoms with Gasteiger partial charge in [0.05, 0.1) is 0 Å². The molecule has 3 saturated heterocycles. The molecule has 0 unspecified atom stereocenters. The molecular weight excluding hydrogens is 390 g/mol. The molecule has 1 amide bonds. The second-order valence-electron chi connectivity index (χ2n) is 9.44. The Hall–Kier alpha value is -1.73. The van der Waals surface area contributed by atoms with Gasteiger partial charge in [-0.1, -0.05) is 6.42 Å². The maximum Gasteiger partial charge on any atom is 0.225 e. The molecule has 0 radical (unpaired) electrons. The van der Waals surface area contributed by atoms with Crippen LogP contribution in [0, 0.1) is 11.8 Å². The summed E-state index contributed by atoms with van der Waals surface area (Å²) in [5.74, 6) is 1.88. The Kier molecular flexibility index (Phi) is 8.14. The van der Waals surface area contributed by atoms with Gasteiger partial charge in [0, 0.05) is 64.2 Å². The molecule has 3 aliphatic heterocycles. The van der Waals surface area contributed by atoms with E-state index in [0.29, 0.717) is 24.5 Å². The number of fused-ring (bicyclic) bond motifs is 1. The average molecular weight is 430 g/mol. The quantitative estimate of drug-likeness (QED) is 0.592. The number of rotatable bonds is 8. The van der Waals surface area contributed by atoms with Gasteiger partial charge in [0.15, 0.2) is 0 Å². The number of carbonyl (C=O) groups is 1. The number of methoxy groups -OCH3 is 1. The van der Waals surface area contributed by atoms with Crippen LogP contribution >= 0.6 is 0 Å². The van der Waals surface area contributed by atoms with E-state index in [9.17, 15) is 4.79 Å². The Morgan fingerprint density at radius 1 is 1.06 bits per heavy atom. The van der Waals surface area contributed by atoms with Gasteiger partial charge < -0.3 is 19.4 Å². The standard InChI is InChI=1S/C24H39N5O2/c1-31-18-6-15-29(19-21-7-4-14-27-13-3-2-8-22(21)27)23(30)20-9-16-28(17-10-20)24-25-11-5-12-26-24/h5,11-12,20-22H,2-4,6-10,13-19H2,1H3/t21-,22-/m0/s1. The highest BCUT2D eigenvalue weighted by atomic mass is 16.5. The third-order valence-corrected chi connectivity index (χ3v) is 7.45. The third kappa shape index (κ3) is 5.75. The predicted octanol–water partition coefficient (Wildman–Crippen LogP) is 2.82. The van der Waals surface area contributed by atoms with Crippen LogP contribution in [0.15, 0.2) is 18.5 Å². The van der Waals surface area contributed by atoms with E-state index in [4.69, 9.17) is 4.74 Å². The molecule has 3 fully saturated rings. The van der Waals surface area contributed by atoms with Crippen LogP contribution in [0.2, 0.25) is 0 Å². The van der Waals surface area contributed by atoms with Gasteiger partial charge in [-0.2, -0.15) is 0 Å². The lowest BCUT2D eigenvalue weighted by molar-refractivity contribution is -0.137. The first-order valence-corrected chi connectivity index (χ1v) is 12.3. The normalized spacial score (nSPS) is 25.3. The summed E-state index contributed by atoms with van der Waals surface area (Å²) in [6.45, 7) is 6.66. The van der Waals surface area contributed by atoms with Crippen molar-refractivity contribution in [3.8, 4) is 0 Å². The van der Waals surface area contributed by atoms with E-state index in [2.05, 4.69) is 24.7 Å². The number of ether oxygens (including phenoxy) is 1. The number of anilines is 1. The fourth-order valence-electron chi connectivity index (χ4n) is 5.80. The Bertz CT molecular complexity index is 678. The van der Waals surface area contributed by atoms with Crippen LogP contribution < -0.4 is 4.90 Å². The molecule has 172 valence electrons. The molecule has 1 aromatic rings. The molecule has 4 heterocycles. The van der Waals surface area contributed by atoms with Crippen molar-refractivity contribution in [3.63, 3.8) is 0 Å². The molecule has 2 atom stereocenters. The highest BCUT2D eigenvalue weighted by Gasteiger charge is 2.36. The molecule has 7 nitrogen and oxygen atoms in total. The van der Waals surface area contributed by atoms with Crippen LogP contribution in [0.5, 0.6) is 0 Å². The van der Waals surface area contributed by atoms with Gasteiger partial charge in [0.25, 0.3) is 0 Å². The van der Waals surface area contributed by atoms with Crippen molar-refractivity contribution in [3.05, 3.63) is 18.5 Å². The lowest BCUT2D eigenvalue weighted by Gasteiger charge is -2.46. The number of hydrogen-bond donors (Lipinski definition) is 0. The summed E-state index contributed by atoms with van der Waals surface area (Å²) in [4.78, 5) is 29.4.